The zero-order valence-electron chi connectivity index (χ0n) is 7.35. The van der Waals surface area contributed by atoms with E-state index in [2.05, 4.69) is 20.8 Å². The Morgan fingerprint density at radius 2 is 1.90 bits per heavy atom. The van der Waals surface area contributed by atoms with E-state index in [0.29, 0.717) is 5.41 Å². The highest BCUT2D eigenvalue weighted by Gasteiger charge is 2.52. The van der Waals surface area contributed by atoms with E-state index >= 15 is 0 Å². The maximum atomic E-state index is 2.46. The lowest BCUT2D eigenvalue weighted by atomic mass is 9.46. The third-order valence-electron chi connectivity index (χ3n) is 4.20. The Kier molecular flexibility index (Phi) is 1.19. The standard InChI is InChI=1S/C10H18/c1-7-4-5-8-6-9(7)10(8,2)3/h7-9H,4-6H2,1-3H3/t7?,8-,9?/m1/s1. The summed E-state index contributed by atoms with van der Waals surface area (Å²) in [5.41, 5.74) is 0.706. The van der Waals surface area contributed by atoms with Gasteiger partial charge in [-0.25, -0.2) is 0 Å². The first-order valence-electron chi connectivity index (χ1n) is 4.62. The molecular formula is C10H18. The van der Waals surface area contributed by atoms with Gasteiger partial charge in [-0.1, -0.05) is 27.2 Å². The van der Waals surface area contributed by atoms with Crippen molar-refractivity contribution in [2.24, 2.45) is 23.2 Å². The van der Waals surface area contributed by atoms with Gasteiger partial charge in [0.15, 0.2) is 0 Å². The Balaban J connectivity index is 2.16. The summed E-state index contributed by atoms with van der Waals surface area (Å²) in [5, 5.41) is 0. The highest BCUT2D eigenvalue weighted by Crippen LogP contribution is 2.61. The summed E-state index contributed by atoms with van der Waals surface area (Å²) in [5.74, 6) is 3.15. The Labute approximate surface area is 64.0 Å². The van der Waals surface area contributed by atoms with Crippen molar-refractivity contribution in [2.75, 3.05) is 0 Å². The van der Waals surface area contributed by atoms with Crippen LogP contribution in [0.5, 0.6) is 0 Å². The van der Waals surface area contributed by atoms with Crippen LogP contribution in [-0.2, 0) is 0 Å². The normalized spacial score (nSPS) is 50.1. The van der Waals surface area contributed by atoms with Crippen LogP contribution in [0.25, 0.3) is 0 Å². The minimum absolute atomic E-state index is 0.706. The fraction of sp³-hybridized carbons (Fsp3) is 1.00. The molecule has 0 saturated heterocycles. The van der Waals surface area contributed by atoms with Crippen LogP contribution >= 0.6 is 0 Å². The van der Waals surface area contributed by atoms with E-state index in [4.69, 9.17) is 0 Å². The molecule has 0 N–H and O–H groups in total. The molecular weight excluding hydrogens is 120 g/mol. The lowest BCUT2D eigenvalue weighted by Gasteiger charge is -2.59. The first-order chi connectivity index (χ1) is 4.62. The van der Waals surface area contributed by atoms with Gasteiger partial charge in [-0.2, -0.15) is 0 Å². The Morgan fingerprint density at radius 3 is 2.20 bits per heavy atom. The third kappa shape index (κ3) is 0.627. The van der Waals surface area contributed by atoms with Gasteiger partial charge < -0.3 is 0 Å². The van der Waals surface area contributed by atoms with Crippen LogP contribution in [0.4, 0.5) is 0 Å². The zero-order chi connectivity index (χ0) is 7.35. The molecule has 0 spiro atoms. The molecule has 0 heterocycles. The van der Waals surface area contributed by atoms with Crippen LogP contribution in [0.2, 0.25) is 0 Å². The van der Waals surface area contributed by atoms with Crippen molar-refractivity contribution in [3.05, 3.63) is 0 Å². The van der Waals surface area contributed by atoms with Gasteiger partial charge in [0.25, 0.3) is 0 Å². The van der Waals surface area contributed by atoms with Crippen molar-refractivity contribution >= 4 is 0 Å². The molecule has 0 nitrogen and oxygen atoms in total. The average molecular weight is 138 g/mol. The van der Waals surface area contributed by atoms with Crippen molar-refractivity contribution in [1.29, 1.82) is 0 Å². The second-order valence-corrected chi connectivity index (χ2v) is 4.92. The molecule has 3 rings (SSSR count). The van der Waals surface area contributed by atoms with Gasteiger partial charge in [0, 0.05) is 0 Å². The highest BCUT2D eigenvalue weighted by atomic mass is 14.6. The van der Waals surface area contributed by atoms with Crippen LogP contribution in [0.1, 0.15) is 40.0 Å². The van der Waals surface area contributed by atoms with E-state index in [1.54, 1.807) is 0 Å². The SMILES string of the molecule is CC1CC[C@@H]2CC1C2(C)C. The van der Waals surface area contributed by atoms with Gasteiger partial charge in [0.2, 0.25) is 0 Å². The fourth-order valence-corrected chi connectivity index (χ4v) is 3.18. The predicted octanol–water partition coefficient (Wildman–Crippen LogP) is 3.08. The van der Waals surface area contributed by atoms with Crippen molar-refractivity contribution < 1.29 is 0 Å². The largest absolute Gasteiger partial charge is 0.0622 e. The summed E-state index contributed by atoms with van der Waals surface area (Å²) in [4.78, 5) is 0. The average Bonchev–Trinajstić information content (AvgIpc) is 1.87. The lowest BCUT2D eigenvalue weighted by Crippen LogP contribution is -2.51. The maximum absolute atomic E-state index is 2.46. The summed E-state index contributed by atoms with van der Waals surface area (Å²) in [6, 6.07) is 0. The van der Waals surface area contributed by atoms with Gasteiger partial charge in [-0.15, -0.1) is 0 Å². The summed E-state index contributed by atoms with van der Waals surface area (Å²) < 4.78 is 0. The third-order valence-corrected chi connectivity index (χ3v) is 4.20. The molecule has 0 aromatic carbocycles. The summed E-state index contributed by atoms with van der Waals surface area (Å²) >= 11 is 0. The van der Waals surface area contributed by atoms with E-state index < -0.39 is 0 Å². The van der Waals surface area contributed by atoms with Crippen molar-refractivity contribution in [3.8, 4) is 0 Å². The summed E-state index contributed by atoms with van der Waals surface area (Å²) in [7, 11) is 0. The maximum Gasteiger partial charge on any atom is -0.0295 e. The van der Waals surface area contributed by atoms with E-state index in [-0.39, 0.29) is 0 Å². The van der Waals surface area contributed by atoms with Crippen molar-refractivity contribution in [3.63, 3.8) is 0 Å². The number of hydrogen-bond donors (Lipinski definition) is 0. The molecule has 0 heteroatoms. The molecule has 3 saturated carbocycles. The smallest absolute Gasteiger partial charge is 0.0295 e. The second-order valence-electron chi connectivity index (χ2n) is 4.92. The fourth-order valence-electron chi connectivity index (χ4n) is 3.18. The summed E-state index contributed by atoms with van der Waals surface area (Å²) in [6.07, 6.45) is 4.54. The molecule has 0 radical (unpaired) electrons. The lowest BCUT2D eigenvalue weighted by molar-refractivity contribution is -0.0988. The van der Waals surface area contributed by atoms with Gasteiger partial charge in [-0.05, 0) is 36.0 Å². The van der Waals surface area contributed by atoms with E-state index in [1.165, 1.54) is 19.3 Å². The molecule has 58 valence electrons. The molecule has 2 bridgehead atoms. The van der Waals surface area contributed by atoms with Crippen LogP contribution < -0.4 is 0 Å². The Hall–Kier alpha value is 0. The second kappa shape index (κ2) is 1.78. The Bertz CT molecular complexity index is 144. The number of hydrogen-bond acceptors (Lipinski definition) is 0. The monoisotopic (exact) mass is 138 g/mol. The van der Waals surface area contributed by atoms with Crippen molar-refractivity contribution in [1.82, 2.24) is 0 Å². The quantitative estimate of drug-likeness (QED) is 0.482. The molecule has 3 aliphatic carbocycles. The van der Waals surface area contributed by atoms with Crippen LogP contribution in [-0.4, -0.2) is 0 Å². The molecule has 3 atom stereocenters. The molecule has 0 aliphatic heterocycles. The van der Waals surface area contributed by atoms with E-state index in [1.807, 2.05) is 0 Å². The molecule has 2 unspecified atom stereocenters. The van der Waals surface area contributed by atoms with Gasteiger partial charge in [-0.3, -0.25) is 0 Å². The van der Waals surface area contributed by atoms with Gasteiger partial charge in [0.1, 0.15) is 0 Å². The molecule has 0 amide bonds. The molecule has 3 aliphatic rings. The predicted molar refractivity (Wildman–Crippen MR) is 43.8 cm³/mol. The van der Waals surface area contributed by atoms with Crippen LogP contribution in [0, 0.1) is 23.2 Å². The first kappa shape index (κ1) is 6.69. The topological polar surface area (TPSA) is 0 Å². The Morgan fingerprint density at radius 1 is 1.20 bits per heavy atom. The van der Waals surface area contributed by atoms with E-state index in [0.717, 1.165) is 17.8 Å². The summed E-state index contributed by atoms with van der Waals surface area (Å²) in [6.45, 7) is 7.35. The van der Waals surface area contributed by atoms with Gasteiger partial charge >= 0.3 is 0 Å². The van der Waals surface area contributed by atoms with Crippen LogP contribution in [0.15, 0.2) is 0 Å². The molecule has 10 heavy (non-hydrogen) atoms. The van der Waals surface area contributed by atoms with Crippen LogP contribution in [0.3, 0.4) is 0 Å². The van der Waals surface area contributed by atoms with Crippen molar-refractivity contribution in [2.45, 2.75) is 40.0 Å². The van der Waals surface area contributed by atoms with Gasteiger partial charge in [0.05, 0.1) is 0 Å². The molecule has 0 aromatic heterocycles. The number of fused-ring (bicyclic) bond motifs is 2. The first-order valence-corrected chi connectivity index (χ1v) is 4.62. The minimum Gasteiger partial charge on any atom is -0.0622 e. The zero-order valence-corrected chi connectivity index (χ0v) is 7.35. The molecule has 0 aromatic rings. The minimum atomic E-state index is 0.706. The molecule has 3 fully saturated rings. The van der Waals surface area contributed by atoms with E-state index in [9.17, 15) is 0 Å². The highest BCUT2D eigenvalue weighted by molar-refractivity contribution is 5.01. The number of rotatable bonds is 0.